The molecule has 0 aromatic heterocycles. The molecular weight excluding hydrogens is 250 g/mol. The fraction of sp³-hybridized carbons (Fsp3) is 0.938. The van der Waals surface area contributed by atoms with E-state index in [0.717, 1.165) is 38.6 Å². The van der Waals surface area contributed by atoms with Gasteiger partial charge in [0.1, 0.15) is 5.54 Å². The lowest BCUT2D eigenvalue weighted by molar-refractivity contribution is -0.126. The van der Waals surface area contributed by atoms with Crippen LogP contribution < -0.4 is 11.1 Å². The van der Waals surface area contributed by atoms with Gasteiger partial charge in [-0.3, -0.25) is 4.79 Å². The molecule has 3 N–H and O–H groups in total. The number of nitrogens with one attached hydrogen (secondary N) is 1. The van der Waals surface area contributed by atoms with E-state index in [4.69, 9.17) is 5.73 Å². The van der Waals surface area contributed by atoms with E-state index in [1.54, 1.807) is 0 Å². The van der Waals surface area contributed by atoms with Crippen molar-refractivity contribution in [3.63, 3.8) is 0 Å². The Labute approximate surface area is 124 Å². The Morgan fingerprint density at radius 3 is 2.60 bits per heavy atom. The second-order valence-electron chi connectivity index (χ2n) is 6.75. The zero-order valence-electron chi connectivity index (χ0n) is 13.9. The highest BCUT2D eigenvalue weighted by Crippen LogP contribution is 2.38. The van der Waals surface area contributed by atoms with Crippen molar-refractivity contribution in [3.8, 4) is 0 Å². The van der Waals surface area contributed by atoms with E-state index >= 15 is 0 Å². The molecule has 1 rings (SSSR count). The fourth-order valence-corrected chi connectivity index (χ4v) is 3.46. The van der Waals surface area contributed by atoms with Gasteiger partial charge in [0.25, 0.3) is 0 Å². The third kappa shape index (κ3) is 3.95. The highest BCUT2D eigenvalue weighted by atomic mass is 16.1. The molecule has 3 unspecified atom stereocenters. The predicted molar refractivity (Wildman–Crippen MR) is 84.5 cm³/mol. The quantitative estimate of drug-likeness (QED) is 0.717. The molecule has 1 aliphatic rings. The normalized spacial score (nSPS) is 28.2. The van der Waals surface area contributed by atoms with Gasteiger partial charge in [0.05, 0.1) is 0 Å². The summed E-state index contributed by atoms with van der Waals surface area (Å²) in [6.07, 6.45) is 5.30. The molecule has 1 aliphatic carbocycles. The summed E-state index contributed by atoms with van der Waals surface area (Å²) in [5, 5.41) is 3.48. The summed E-state index contributed by atoms with van der Waals surface area (Å²) in [6, 6.07) is 0.882. The molecule has 20 heavy (non-hydrogen) atoms. The summed E-state index contributed by atoms with van der Waals surface area (Å²) in [5.41, 5.74) is 5.27. The standard InChI is InChI=1S/C16H33N3O/c1-6-13(4)19(5)11-9-14-8-7-10-16(14,15(17)20)18-12(2)3/h12-14,18H,6-11H2,1-5H3,(H2,17,20). The summed E-state index contributed by atoms with van der Waals surface area (Å²) >= 11 is 0. The first-order chi connectivity index (χ1) is 9.33. The molecule has 118 valence electrons. The fourth-order valence-electron chi connectivity index (χ4n) is 3.46. The first-order valence-electron chi connectivity index (χ1n) is 8.11. The van der Waals surface area contributed by atoms with E-state index in [1.165, 1.54) is 0 Å². The Bertz CT molecular complexity index is 319. The van der Waals surface area contributed by atoms with E-state index in [-0.39, 0.29) is 11.9 Å². The summed E-state index contributed by atoms with van der Waals surface area (Å²) in [5.74, 6) is 0.203. The molecule has 0 aliphatic heterocycles. The molecule has 0 saturated heterocycles. The van der Waals surface area contributed by atoms with Crippen molar-refractivity contribution in [2.24, 2.45) is 11.7 Å². The van der Waals surface area contributed by atoms with Crippen molar-refractivity contribution < 1.29 is 4.79 Å². The number of amides is 1. The monoisotopic (exact) mass is 283 g/mol. The molecule has 0 bridgehead atoms. The van der Waals surface area contributed by atoms with Crippen LogP contribution in [0.5, 0.6) is 0 Å². The molecule has 1 amide bonds. The largest absolute Gasteiger partial charge is 0.368 e. The van der Waals surface area contributed by atoms with Crippen LogP contribution in [0.1, 0.15) is 59.8 Å². The SMILES string of the molecule is CCC(C)N(C)CCC1CCCC1(NC(C)C)C(N)=O. The van der Waals surface area contributed by atoms with Crippen LogP contribution in [0.15, 0.2) is 0 Å². The number of nitrogens with zero attached hydrogens (tertiary/aromatic N) is 1. The maximum absolute atomic E-state index is 12.1. The second kappa shape index (κ2) is 7.41. The molecule has 3 atom stereocenters. The molecule has 4 nitrogen and oxygen atoms in total. The van der Waals surface area contributed by atoms with Crippen LogP contribution in [-0.2, 0) is 4.79 Å². The van der Waals surface area contributed by atoms with E-state index < -0.39 is 5.54 Å². The number of nitrogens with two attached hydrogens (primary N) is 1. The van der Waals surface area contributed by atoms with Gasteiger partial charge in [-0.1, -0.05) is 13.3 Å². The summed E-state index contributed by atoms with van der Waals surface area (Å²) in [4.78, 5) is 14.4. The Hall–Kier alpha value is -0.610. The summed E-state index contributed by atoms with van der Waals surface area (Å²) in [7, 11) is 2.17. The lowest BCUT2D eigenvalue weighted by Gasteiger charge is -2.36. The number of hydrogen-bond acceptors (Lipinski definition) is 3. The van der Waals surface area contributed by atoms with Gasteiger partial charge in [0.15, 0.2) is 0 Å². The molecule has 1 fully saturated rings. The van der Waals surface area contributed by atoms with Crippen molar-refractivity contribution in [2.45, 2.75) is 77.4 Å². The Kier molecular flexibility index (Phi) is 6.46. The predicted octanol–water partition coefficient (Wildman–Crippen LogP) is 2.13. The number of rotatable bonds is 8. The number of primary amides is 1. The Morgan fingerprint density at radius 2 is 2.10 bits per heavy atom. The van der Waals surface area contributed by atoms with Crippen LogP contribution in [-0.4, -0.2) is 42.0 Å². The van der Waals surface area contributed by atoms with Gasteiger partial charge < -0.3 is 16.0 Å². The van der Waals surface area contributed by atoms with Crippen LogP contribution in [0.25, 0.3) is 0 Å². The number of carbonyl (C=O) groups excluding carboxylic acids is 1. The highest BCUT2D eigenvalue weighted by molar-refractivity contribution is 5.85. The second-order valence-corrected chi connectivity index (χ2v) is 6.75. The smallest absolute Gasteiger partial charge is 0.238 e. The van der Waals surface area contributed by atoms with Crippen LogP contribution in [0.4, 0.5) is 0 Å². The molecular formula is C16H33N3O. The van der Waals surface area contributed by atoms with Crippen LogP contribution >= 0.6 is 0 Å². The molecule has 0 heterocycles. The van der Waals surface area contributed by atoms with Gasteiger partial charge >= 0.3 is 0 Å². The van der Waals surface area contributed by atoms with Gasteiger partial charge in [-0.15, -0.1) is 0 Å². The molecule has 0 aromatic rings. The average molecular weight is 283 g/mol. The van der Waals surface area contributed by atoms with Gasteiger partial charge in [-0.25, -0.2) is 0 Å². The lowest BCUT2D eigenvalue weighted by atomic mass is 9.83. The molecule has 0 spiro atoms. The van der Waals surface area contributed by atoms with E-state index in [0.29, 0.717) is 12.0 Å². The first-order valence-corrected chi connectivity index (χ1v) is 8.11. The van der Waals surface area contributed by atoms with Crippen molar-refractivity contribution in [3.05, 3.63) is 0 Å². The van der Waals surface area contributed by atoms with Crippen LogP contribution in [0.2, 0.25) is 0 Å². The van der Waals surface area contributed by atoms with Crippen molar-refractivity contribution in [1.29, 1.82) is 0 Å². The molecule has 0 radical (unpaired) electrons. The maximum atomic E-state index is 12.1. The minimum Gasteiger partial charge on any atom is -0.368 e. The van der Waals surface area contributed by atoms with Crippen LogP contribution in [0.3, 0.4) is 0 Å². The molecule has 4 heteroatoms. The minimum atomic E-state index is -0.482. The van der Waals surface area contributed by atoms with Crippen molar-refractivity contribution in [2.75, 3.05) is 13.6 Å². The maximum Gasteiger partial charge on any atom is 0.238 e. The van der Waals surface area contributed by atoms with Crippen molar-refractivity contribution in [1.82, 2.24) is 10.2 Å². The molecule has 0 aromatic carbocycles. The number of hydrogen-bond donors (Lipinski definition) is 2. The van der Waals surface area contributed by atoms with E-state index in [9.17, 15) is 4.79 Å². The minimum absolute atomic E-state index is 0.167. The van der Waals surface area contributed by atoms with Gasteiger partial charge in [-0.2, -0.15) is 0 Å². The average Bonchev–Trinajstić information content (AvgIpc) is 2.78. The van der Waals surface area contributed by atoms with Crippen LogP contribution in [0, 0.1) is 5.92 Å². The topological polar surface area (TPSA) is 58.4 Å². The number of carbonyl (C=O) groups is 1. The third-order valence-electron chi connectivity index (χ3n) is 4.98. The lowest BCUT2D eigenvalue weighted by Crippen LogP contribution is -2.60. The third-order valence-corrected chi connectivity index (χ3v) is 4.98. The summed E-state index contributed by atoms with van der Waals surface area (Å²) in [6.45, 7) is 9.68. The van der Waals surface area contributed by atoms with E-state index in [1.807, 2.05) is 0 Å². The molecule has 1 saturated carbocycles. The zero-order valence-corrected chi connectivity index (χ0v) is 13.9. The summed E-state index contributed by atoms with van der Waals surface area (Å²) < 4.78 is 0. The van der Waals surface area contributed by atoms with E-state index in [2.05, 4.69) is 45.0 Å². The Balaban J connectivity index is 2.69. The zero-order chi connectivity index (χ0) is 15.3. The van der Waals surface area contributed by atoms with Gasteiger partial charge in [0.2, 0.25) is 5.91 Å². The van der Waals surface area contributed by atoms with Crippen molar-refractivity contribution >= 4 is 5.91 Å². The Morgan fingerprint density at radius 1 is 1.45 bits per heavy atom. The highest BCUT2D eigenvalue weighted by Gasteiger charge is 2.47. The first kappa shape index (κ1) is 17.4. The van der Waals surface area contributed by atoms with Gasteiger partial charge in [0, 0.05) is 12.1 Å². The van der Waals surface area contributed by atoms with Gasteiger partial charge in [-0.05, 0) is 66.0 Å².